The summed E-state index contributed by atoms with van der Waals surface area (Å²) in [7, 11) is 1.69. The molecular weight excluding hydrogens is 348 g/mol. The van der Waals surface area contributed by atoms with E-state index in [1.807, 2.05) is 13.8 Å². The van der Waals surface area contributed by atoms with Crippen LogP contribution >= 0.6 is 0 Å². The summed E-state index contributed by atoms with van der Waals surface area (Å²) in [4.78, 5) is 38.6. The van der Waals surface area contributed by atoms with Gasteiger partial charge in [-0.1, -0.05) is 17.3 Å². The number of anilines is 1. The molecule has 8 nitrogen and oxygen atoms in total. The van der Waals surface area contributed by atoms with E-state index in [9.17, 15) is 14.4 Å². The lowest BCUT2D eigenvalue weighted by atomic mass is 10.2. The summed E-state index contributed by atoms with van der Waals surface area (Å²) < 4.78 is 5.12. The largest absolute Gasteiger partial charge is 0.361 e. The maximum absolute atomic E-state index is 12.4. The van der Waals surface area contributed by atoms with Gasteiger partial charge in [-0.2, -0.15) is 0 Å². The molecule has 1 aromatic heterocycles. The highest BCUT2D eigenvalue weighted by atomic mass is 16.5. The number of carbonyl (C=O) groups is 3. The van der Waals surface area contributed by atoms with Gasteiger partial charge in [-0.3, -0.25) is 14.5 Å². The zero-order valence-corrected chi connectivity index (χ0v) is 15.6. The smallest absolute Gasteiger partial charge is 0.321 e. The van der Waals surface area contributed by atoms with Gasteiger partial charge in [0.1, 0.15) is 5.76 Å². The first-order valence-corrected chi connectivity index (χ1v) is 8.71. The Bertz CT molecular complexity index is 837. The summed E-state index contributed by atoms with van der Waals surface area (Å²) in [5, 5.41) is 6.71. The molecule has 1 saturated heterocycles. The van der Waals surface area contributed by atoms with Crippen molar-refractivity contribution in [1.82, 2.24) is 15.0 Å². The molecule has 0 atom stereocenters. The number of aromatic nitrogens is 1. The van der Waals surface area contributed by atoms with Crippen LogP contribution in [-0.4, -0.2) is 39.8 Å². The molecule has 142 valence electrons. The van der Waals surface area contributed by atoms with Crippen LogP contribution in [-0.2, 0) is 22.7 Å². The SMILES string of the molecule is Cc1noc(C)c1CN(C)C(=O)Nc1ccc(CN2C(=O)CCC2=O)cc1. The van der Waals surface area contributed by atoms with Gasteiger partial charge in [-0.15, -0.1) is 0 Å². The molecule has 0 bridgehead atoms. The van der Waals surface area contributed by atoms with Gasteiger partial charge in [-0.25, -0.2) is 4.79 Å². The molecule has 2 heterocycles. The fraction of sp³-hybridized carbons (Fsp3) is 0.368. The molecule has 1 fully saturated rings. The Kier molecular flexibility index (Phi) is 5.25. The van der Waals surface area contributed by atoms with Crippen LogP contribution in [0.2, 0.25) is 0 Å². The predicted molar refractivity (Wildman–Crippen MR) is 97.7 cm³/mol. The number of hydrogen-bond acceptors (Lipinski definition) is 5. The first-order valence-electron chi connectivity index (χ1n) is 8.71. The molecular formula is C19H22N4O4. The van der Waals surface area contributed by atoms with Crippen molar-refractivity contribution >= 4 is 23.5 Å². The Morgan fingerprint density at radius 2 is 1.81 bits per heavy atom. The van der Waals surface area contributed by atoms with Gasteiger partial charge in [0, 0.05) is 31.1 Å². The minimum Gasteiger partial charge on any atom is -0.361 e. The van der Waals surface area contributed by atoms with Gasteiger partial charge < -0.3 is 14.7 Å². The van der Waals surface area contributed by atoms with Crippen LogP contribution in [0.1, 0.15) is 35.4 Å². The van der Waals surface area contributed by atoms with E-state index >= 15 is 0 Å². The number of nitrogens with zero attached hydrogens (tertiary/aromatic N) is 3. The number of imide groups is 1. The van der Waals surface area contributed by atoms with Crippen molar-refractivity contribution in [3.63, 3.8) is 0 Å². The summed E-state index contributed by atoms with van der Waals surface area (Å²) in [6, 6.07) is 6.84. The Morgan fingerprint density at radius 1 is 1.19 bits per heavy atom. The van der Waals surface area contributed by atoms with Crippen LogP contribution in [0.5, 0.6) is 0 Å². The second-order valence-corrected chi connectivity index (χ2v) is 6.66. The van der Waals surface area contributed by atoms with Crippen molar-refractivity contribution in [3.05, 3.63) is 46.8 Å². The minimum atomic E-state index is -0.257. The highest BCUT2D eigenvalue weighted by Gasteiger charge is 2.28. The molecule has 2 aromatic rings. The quantitative estimate of drug-likeness (QED) is 0.816. The lowest BCUT2D eigenvalue weighted by Gasteiger charge is -2.18. The predicted octanol–water partition coefficient (Wildman–Crippen LogP) is 2.60. The first kappa shape index (κ1) is 18.6. The van der Waals surface area contributed by atoms with E-state index in [0.29, 0.717) is 18.0 Å². The van der Waals surface area contributed by atoms with E-state index in [2.05, 4.69) is 10.5 Å². The summed E-state index contributed by atoms with van der Waals surface area (Å²) in [5.74, 6) is 0.416. The molecule has 1 N–H and O–H groups in total. The van der Waals surface area contributed by atoms with Crippen LogP contribution in [0.25, 0.3) is 0 Å². The van der Waals surface area contributed by atoms with Crippen LogP contribution in [0.15, 0.2) is 28.8 Å². The van der Waals surface area contributed by atoms with E-state index in [1.54, 1.807) is 36.2 Å². The molecule has 0 radical (unpaired) electrons. The van der Waals surface area contributed by atoms with Crippen LogP contribution in [0, 0.1) is 13.8 Å². The normalized spacial score (nSPS) is 14.0. The number of urea groups is 1. The first-order chi connectivity index (χ1) is 12.8. The number of benzene rings is 1. The average Bonchev–Trinajstić information content (AvgIpc) is 3.13. The lowest BCUT2D eigenvalue weighted by Crippen LogP contribution is -2.31. The molecule has 27 heavy (non-hydrogen) atoms. The van der Waals surface area contributed by atoms with E-state index in [-0.39, 0.29) is 37.2 Å². The number of likely N-dealkylation sites (tertiary alicyclic amines) is 1. The molecule has 4 amide bonds. The van der Waals surface area contributed by atoms with E-state index < -0.39 is 0 Å². The van der Waals surface area contributed by atoms with E-state index in [1.165, 1.54) is 4.90 Å². The van der Waals surface area contributed by atoms with Gasteiger partial charge in [0.15, 0.2) is 0 Å². The van der Waals surface area contributed by atoms with Crippen LogP contribution < -0.4 is 5.32 Å². The molecule has 0 saturated carbocycles. The Hall–Kier alpha value is -3.16. The van der Waals surface area contributed by atoms with Gasteiger partial charge in [0.05, 0.1) is 18.8 Å². The Labute approximate surface area is 157 Å². The number of rotatable bonds is 5. The van der Waals surface area contributed by atoms with Crippen molar-refractivity contribution < 1.29 is 18.9 Å². The van der Waals surface area contributed by atoms with Gasteiger partial charge in [-0.05, 0) is 31.5 Å². The molecule has 0 unspecified atom stereocenters. The van der Waals surface area contributed by atoms with Crippen molar-refractivity contribution in [2.75, 3.05) is 12.4 Å². The van der Waals surface area contributed by atoms with Crippen LogP contribution in [0.4, 0.5) is 10.5 Å². The third-order valence-electron chi connectivity index (χ3n) is 4.62. The molecule has 3 rings (SSSR count). The van der Waals surface area contributed by atoms with Gasteiger partial charge in [0.25, 0.3) is 0 Å². The Balaban J connectivity index is 1.58. The fourth-order valence-electron chi connectivity index (χ4n) is 2.93. The van der Waals surface area contributed by atoms with Gasteiger partial charge in [0.2, 0.25) is 11.8 Å². The summed E-state index contributed by atoms with van der Waals surface area (Å²) in [6.07, 6.45) is 0.564. The van der Waals surface area contributed by atoms with Crippen LogP contribution in [0.3, 0.4) is 0 Å². The second-order valence-electron chi connectivity index (χ2n) is 6.66. The summed E-state index contributed by atoms with van der Waals surface area (Å²) >= 11 is 0. The zero-order valence-electron chi connectivity index (χ0n) is 15.6. The number of hydrogen-bond donors (Lipinski definition) is 1. The number of aryl methyl sites for hydroxylation is 2. The highest BCUT2D eigenvalue weighted by molar-refractivity contribution is 6.01. The molecule has 1 aliphatic rings. The zero-order chi connectivity index (χ0) is 19.6. The molecule has 8 heteroatoms. The fourth-order valence-corrected chi connectivity index (χ4v) is 2.93. The molecule has 1 aliphatic heterocycles. The van der Waals surface area contributed by atoms with Gasteiger partial charge >= 0.3 is 6.03 Å². The second kappa shape index (κ2) is 7.61. The molecule has 0 aliphatic carbocycles. The number of nitrogens with one attached hydrogen (secondary N) is 1. The van der Waals surface area contributed by atoms with Crippen molar-refractivity contribution in [1.29, 1.82) is 0 Å². The molecule has 0 spiro atoms. The third kappa shape index (κ3) is 4.16. The highest BCUT2D eigenvalue weighted by Crippen LogP contribution is 2.18. The topological polar surface area (TPSA) is 95.8 Å². The maximum atomic E-state index is 12.4. The monoisotopic (exact) mass is 370 g/mol. The van der Waals surface area contributed by atoms with Crippen molar-refractivity contribution in [3.8, 4) is 0 Å². The lowest BCUT2D eigenvalue weighted by molar-refractivity contribution is -0.139. The summed E-state index contributed by atoms with van der Waals surface area (Å²) in [6.45, 7) is 4.31. The number of carbonyl (C=O) groups excluding carboxylic acids is 3. The standard InChI is InChI=1S/C19H22N4O4/c1-12-16(13(2)27-21-12)11-22(3)19(26)20-15-6-4-14(5-7-15)10-23-17(24)8-9-18(23)25/h4-7H,8-11H2,1-3H3,(H,20,26). The average molecular weight is 370 g/mol. The van der Waals surface area contributed by atoms with Crippen molar-refractivity contribution in [2.45, 2.75) is 39.8 Å². The molecule has 1 aromatic carbocycles. The summed E-state index contributed by atoms with van der Waals surface area (Å²) in [5.41, 5.74) is 3.12. The number of amides is 4. The third-order valence-corrected chi connectivity index (χ3v) is 4.62. The maximum Gasteiger partial charge on any atom is 0.321 e. The van der Waals surface area contributed by atoms with E-state index in [0.717, 1.165) is 16.8 Å². The van der Waals surface area contributed by atoms with Crippen molar-refractivity contribution in [2.24, 2.45) is 0 Å². The Morgan fingerprint density at radius 3 is 2.37 bits per heavy atom. The minimum absolute atomic E-state index is 0.140. The van der Waals surface area contributed by atoms with E-state index in [4.69, 9.17) is 4.52 Å².